The van der Waals surface area contributed by atoms with E-state index in [4.69, 9.17) is 11.5 Å². The summed E-state index contributed by atoms with van der Waals surface area (Å²) in [5.74, 6) is 4.87. The molecule has 8 unspecified atom stereocenters. The first-order valence-electron chi connectivity index (χ1n) is 8.20. The summed E-state index contributed by atoms with van der Waals surface area (Å²) in [6.07, 6.45) is 3.47. The molecule has 0 aliphatic heterocycles. The highest BCUT2D eigenvalue weighted by molar-refractivity contribution is 14.2. The molecule has 4 saturated carbocycles. The lowest BCUT2D eigenvalue weighted by Gasteiger charge is -2.34. The Morgan fingerprint density at radius 3 is 2.43 bits per heavy atom. The molecule has 0 heterocycles. The van der Waals surface area contributed by atoms with Gasteiger partial charge in [0.15, 0.2) is 7.00 Å². The van der Waals surface area contributed by atoms with Crippen LogP contribution < -0.4 is 0 Å². The molecule has 0 spiro atoms. The topological polar surface area (TPSA) is 0 Å². The first-order valence-corrected chi connectivity index (χ1v) is 17.1. The molecule has 1 aromatic rings. The van der Waals surface area contributed by atoms with E-state index in [1.807, 2.05) is 6.41 Å². The molecule has 4 fully saturated rings. The summed E-state index contributed by atoms with van der Waals surface area (Å²) >= 11 is 11.5. The van der Waals surface area contributed by atoms with Gasteiger partial charge in [-0.15, -0.1) is 0 Å². The van der Waals surface area contributed by atoms with E-state index in [0.717, 1.165) is 35.1 Å². The Morgan fingerprint density at radius 2 is 1.83 bits per heavy atom. The Labute approximate surface area is 174 Å². The monoisotopic (exact) mass is 584 g/mol. The molecule has 4 bridgehead atoms. The number of halogens is 3. The number of rotatable bonds is 6. The van der Waals surface area contributed by atoms with Gasteiger partial charge in [-0.3, -0.25) is 0 Å². The summed E-state index contributed by atoms with van der Waals surface area (Å²) in [5, 5.41) is 0.262. The fourth-order valence-corrected chi connectivity index (χ4v) is 12.9. The predicted octanol–water partition coefficient (Wildman–Crippen LogP) is 7.03. The molecule has 0 saturated heterocycles. The summed E-state index contributed by atoms with van der Waals surface area (Å²) in [7, 11) is 0. The van der Waals surface area contributed by atoms with Gasteiger partial charge in [0.1, 0.15) is 0 Å². The lowest BCUT2D eigenvalue weighted by Crippen LogP contribution is -2.20. The Bertz CT molecular complexity index is 591. The van der Waals surface area contributed by atoms with E-state index in [2.05, 4.69) is 95.3 Å². The zero-order valence-corrected chi connectivity index (χ0v) is 20.1. The summed E-state index contributed by atoms with van der Waals surface area (Å²) in [6.45, 7) is 7.64. The Balaban J connectivity index is 1.48. The summed E-state index contributed by atoms with van der Waals surface area (Å²) < 4.78 is 0. The molecule has 23 heavy (non-hydrogen) atoms. The van der Waals surface area contributed by atoms with Crippen LogP contribution in [0.1, 0.15) is 25.8 Å². The first-order chi connectivity index (χ1) is 11.0. The largest absolute Gasteiger partial charge is 0.283 e. The van der Waals surface area contributed by atoms with Crippen LogP contribution >= 0.6 is 66.4 Å². The van der Waals surface area contributed by atoms with Crippen molar-refractivity contribution in [3.63, 3.8) is 0 Å². The van der Waals surface area contributed by atoms with E-state index < -0.39 is 0 Å². The second kappa shape index (κ2) is 6.84. The minimum absolute atomic E-state index is 0.103. The van der Waals surface area contributed by atoms with Crippen LogP contribution in [0.15, 0.2) is 30.3 Å². The van der Waals surface area contributed by atoms with Gasteiger partial charge >= 0.3 is 0 Å². The smallest absolute Gasteiger partial charge is 0.196 e. The Morgan fingerprint density at radius 1 is 1.13 bits per heavy atom. The Kier molecular flexibility index (Phi) is 5.45. The highest BCUT2D eigenvalue weighted by Crippen LogP contribution is 2.84. The maximum atomic E-state index is 6.09. The van der Waals surface area contributed by atoms with Crippen LogP contribution in [0.25, 0.3) is 0 Å². The summed E-state index contributed by atoms with van der Waals surface area (Å²) in [5.41, 5.74) is 2.15. The van der Waals surface area contributed by atoms with Crippen molar-refractivity contribution in [2.75, 3.05) is 0 Å². The van der Waals surface area contributed by atoms with Crippen LogP contribution in [-0.4, -0.2) is 19.1 Å². The van der Waals surface area contributed by atoms with E-state index in [1.54, 1.807) is 0 Å². The minimum atomic E-state index is -0.147. The molecular weight excluding hydrogens is 565 g/mol. The molecule has 0 N–H and O–H groups in total. The molecule has 4 aliphatic rings. The summed E-state index contributed by atoms with van der Waals surface area (Å²) in [6, 6.07) is 11.1. The van der Waals surface area contributed by atoms with Crippen molar-refractivity contribution in [2.24, 2.45) is 23.7 Å². The van der Waals surface area contributed by atoms with Crippen LogP contribution in [0.2, 0.25) is 5.82 Å². The molecule has 1 aromatic carbocycles. The highest BCUT2D eigenvalue weighted by atomic mass is 127. The van der Waals surface area contributed by atoms with Crippen molar-refractivity contribution in [1.29, 1.82) is 0 Å². The van der Waals surface area contributed by atoms with Crippen molar-refractivity contribution < 1.29 is 0 Å². The van der Waals surface area contributed by atoms with E-state index >= 15 is 0 Å². The molecule has 7 heteroatoms. The fourth-order valence-electron chi connectivity index (χ4n) is 5.10. The molecule has 2 radical (unpaired) electrons. The van der Waals surface area contributed by atoms with Gasteiger partial charge in [-0.25, -0.2) is 0 Å². The molecule has 0 aromatic heterocycles. The van der Waals surface area contributed by atoms with Crippen LogP contribution in [0.3, 0.4) is 0 Å². The highest BCUT2D eigenvalue weighted by Gasteiger charge is 2.73. The molecule has 0 amide bonds. The quantitative estimate of drug-likeness (QED) is 0.192. The molecule has 0 nitrogen and oxygen atoms in total. The van der Waals surface area contributed by atoms with E-state index in [-0.39, 0.29) is 16.0 Å². The number of benzene rings is 1. The van der Waals surface area contributed by atoms with Gasteiger partial charge in [-0.1, -0.05) is 105 Å². The summed E-state index contributed by atoms with van der Waals surface area (Å²) in [4.78, 5) is 0. The molecule has 120 valence electrons. The average Bonchev–Trinajstić information content (AvgIpc) is 2.86. The van der Waals surface area contributed by atoms with Gasteiger partial charge in [0.05, 0.1) is 0 Å². The third-order valence-electron chi connectivity index (χ3n) is 6.30. The van der Waals surface area contributed by atoms with Gasteiger partial charge in [-0.05, 0) is 41.3 Å². The van der Waals surface area contributed by atoms with E-state index in [0.29, 0.717) is 0 Å². The molecular formula is C16H19B2ClI2P2. The zero-order chi connectivity index (χ0) is 16.4. The van der Waals surface area contributed by atoms with Gasteiger partial charge in [0.2, 0.25) is 0 Å². The third-order valence-corrected chi connectivity index (χ3v) is 18.7. The molecule has 5 rings (SSSR count). The van der Waals surface area contributed by atoms with Crippen molar-refractivity contribution in [1.82, 2.24) is 0 Å². The van der Waals surface area contributed by atoms with Gasteiger partial charge in [0.25, 0.3) is 6.41 Å². The van der Waals surface area contributed by atoms with Crippen molar-refractivity contribution in [2.45, 2.75) is 36.9 Å². The van der Waals surface area contributed by atoms with E-state index in [9.17, 15) is 0 Å². The van der Waals surface area contributed by atoms with Gasteiger partial charge in [-0.2, -0.15) is 11.5 Å². The second-order valence-corrected chi connectivity index (χ2v) is 18.2. The van der Waals surface area contributed by atoms with Crippen LogP contribution in [0.5, 0.6) is 0 Å². The normalized spacial score (nSPS) is 39.9. The molecule has 4 aliphatic carbocycles. The Hall–Kier alpha value is 1.96. The SMILES string of the molecule is CC(C)(c1ccccc1)P(I)[B]C1C2CC3C1C3C2P(I)[B]Cl. The third kappa shape index (κ3) is 3.01. The first kappa shape index (κ1) is 18.3. The minimum Gasteiger partial charge on any atom is -0.196 e. The van der Waals surface area contributed by atoms with Gasteiger partial charge in [0, 0.05) is 5.16 Å². The van der Waals surface area contributed by atoms with Gasteiger partial charge < -0.3 is 0 Å². The van der Waals surface area contributed by atoms with Crippen molar-refractivity contribution in [3.05, 3.63) is 35.9 Å². The van der Waals surface area contributed by atoms with Crippen LogP contribution in [-0.2, 0) is 5.16 Å². The fraction of sp³-hybridized carbons (Fsp3) is 0.625. The average molecular weight is 584 g/mol. The lowest BCUT2D eigenvalue weighted by molar-refractivity contribution is 0.611. The van der Waals surface area contributed by atoms with Crippen molar-refractivity contribution in [3.8, 4) is 0 Å². The standard InChI is InChI=1S/C16H19B2ClI2P2/c1-16(2,9-6-4-3-5-7-9)23(21)17-14-11-8-10-12(14)13(10)15(11)22(20)18-19/h3-7,10-15H,8H2,1-2H3. The molecule has 8 atom stereocenters. The zero-order valence-electron chi connectivity index (χ0n) is 13.2. The second-order valence-electron chi connectivity index (χ2n) is 7.61. The van der Waals surface area contributed by atoms with Crippen molar-refractivity contribution >= 4 is 79.8 Å². The maximum absolute atomic E-state index is 6.09. The number of hydrogen-bond donors (Lipinski definition) is 0. The predicted molar refractivity (Wildman–Crippen MR) is 125 cm³/mol. The van der Waals surface area contributed by atoms with E-state index in [1.165, 1.54) is 12.0 Å². The number of hydrogen-bond acceptors (Lipinski definition) is 0. The lowest BCUT2D eigenvalue weighted by atomic mass is 9.78. The van der Waals surface area contributed by atoms with Crippen LogP contribution in [0.4, 0.5) is 0 Å². The van der Waals surface area contributed by atoms with Crippen LogP contribution in [0, 0.1) is 23.7 Å². The maximum Gasteiger partial charge on any atom is 0.283 e.